The van der Waals surface area contributed by atoms with Crippen LogP contribution in [-0.4, -0.2) is 24.7 Å². The summed E-state index contributed by atoms with van der Waals surface area (Å²) >= 11 is 0. The number of nitro benzene ring substituents is 1. The zero-order valence-corrected chi connectivity index (χ0v) is 13.4. The third kappa shape index (κ3) is 4.05. The van der Waals surface area contributed by atoms with Crippen LogP contribution in [0.5, 0.6) is 0 Å². The average Bonchev–Trinajstić information content (AvgIpc) is 2.46. The van der Waals surface area contributed by atoms with Crippen LogP contribution >= 0.6 is 0 Å². The highest BCUT2D eigenvalue weighted by atomic mass is 32.2. The number of anilines is 2. The maximum absolute atomic E-state index is 11.5. The molecule has 1 atom stereocenters. The first-order chi connectivity index (χ1) is 10.7. The second kappa shape index (κ2) is 6.35. The van der Waals surface area contributed by atoms with Gasteiger partial charge in [0, 0.05) is 18.0 Å². The van der Waals surface area contributed by atoms with E-state index in [1.54, 1.807) is 31.2 Å². The number of nitrogens with one attached hydrogen (secondary N) is 1. The van der Waals surface area contributed by atoms with E-state index in [1.807, 2.05) is 0 Å². The molecule has 2 rings (SSSR count). The monoisotopic (exact) mass is 336 g/mol. The molecule has 0 aromatic heterocycles. The van der Waals surface area contributed by atoms with Gasteiger partial charge in [-0.1, -0.05) is 12.1 Å². The second-order valence-electron chi connectivity index (χ2n) is 5.13. The molecule has 0 radical (unpaired) electrons. The topological polar surface area (TPSA) is 110 Å². The minimum absolute atomic E-state index is 0.112. The lowest BCUT2D eigenvalue weighted by atomic mass is 10.1. The lowest BCUT2D eigenvalue weighted by Crippen LogP contribution is -2.02. The summed E-state index contributed by atoms with van der Waals surface area (Å²) in [6.45, 7) is 1.64. The summed E-state index contributed by atoms with van der Waals surface area (Å²) in [6.07, 6.45) is 0.390. The summed E-state index contributed by atoms with van der Waals surface area (Å²) in [6, 6.07) is 10.5. The molecule has 23 heavy (non-hydrogen) atoms. The Hall–Kier alpha value is -2.45. The molecule has 2 N–H and O–H groups in total. The van der Waals surface area contributed by atoms with Crippen LogP contribution in [0.15, 0.2) is 47.4 Å². The van der Waals surface area contributed by atoms with Crippen molar-refractivity contribution in [1.29, 1.82) is 0 Å². The van der Waals surface area contributed by atoms with E-state index in [-0.39, 0.29) is 16.3 Å². The average molecular weight is 336 g/mol. The molecule has 2 aromatic rings. The van der Waals surface area contributed by atoms with Gasteiger partial charge in [0.2, 0.25) is 0 Å². The number of nitro groups is 1. The van der Waals surface area contributed by atoms with E-state index in [2.05, 4.69) is 5.32 Å². The van der Waals surface area contributed by atoms with Crippen LogP contribution in [0.1, 0.15) is 18.6 Å². The lowest BCUT2D eigenvalue weighted by molar-refractivity contribution is -0.384. The number of hydrogen-bond donors (Lipinski definition) is 2. The summed E-state index contributed by atoms with van der Waals surface area (Å²) in [5.41, 5.74) is 1.17. The predicted octanol–water partition coefficient (Wildman–Crippen LogP) is 2.80. The van der Waals surface area contributed by atoms with Gasteiger partial charge < -0.3 is 10.4 Å². The molecule has 2 aromatic carbocycles. The molecule has 0 heterocycles. The number of sulfone groups is 1. The minimum Gasteiger partial charge on any atom is -0.389 e. The van der Waals surface area contributed by atoms with Crippen LogP contribution in [0.25, 0.3) is 0 Å². The zero-order chi connectivity index (χ0) is 17.2. The van der Waals surface area contributed by atoms with Gasteiger partial charge in [0.15, 0.2) is 9.84 Å². The molecule has 0 fully saturated rings. The van der Waals surface area contributed by atoms with Crippen molar-refractivity contribution in [1.82, 2.24) is 0 Å². The molecule has 122 valence electrons. The molecule has 0 saturated carbocycles. The van der Waals surface area contributed by atoms with E-state index >= 15 is 0 Å². The summed E-state index contributed by atoms with van der Waals surface area (Å²) < 4.78 is 23.0. The molecule has 8 heteroatoms. The molecule has 0 aliphatic rings. The minimum atomic E-state index is -3.52. The Kier molecular flexibility index (Phi) is 4.67. The molecule has 1 unspecified atom stereocenters. The quantitative estimate of drug-likeness (QED) is 0.642. The van der Waals surface area contributed by atoms with Gasteiger partial charge in [0.05, 0.1) is 15.9 Å². The van der Waals surface area contributed by atoms with Crippen molar-refractivity contribution >= 4 is 26.9 Å². The number of aliphatic hydroxyl groups excluding tert-OH is 1. The van der Waals surface area contributed by atoms with Gasteiger partial charge in [0.25, 0.3) is 5.69 Å². The highest BCUT2D eigenvalue weighted by molar-refractivity contribution is 7.90. The molecule has 7 nitrogen and oxygen atoms in total. The molecule has 0 aliphatic heterocycles. The van der Waals surface area contributed by atoms with Crippen LogP contribution < -0.4 is 5.32 Å². The molecule has 0 spiro atoms. The Labute approximate surface area is 133 Å². The highest BCUT2D eigenvalue weighted by Crippen LogP contribution is 2.30. The van der Waals surface area contributed by atoms with Crippen molar-refractivity contribution < 1.29 is 18.4 Å². The zero-order valence-electron chi connectivity index (χ0n) is 12.6. The first-order valence-electron chi connectivity index (χ1n) is 6.72. The Morgan fingerprint density at radius 2 is 1.78 bits per heavy atom. The van der Waals surface area contributed by atoms with Gasteiger partial charge in [0.1, 0.15) is 5.69 Å². The number of rotatable bonds is 5. The summed E-state index contributed by atoms with van der Waals surface area (Å²) in [5.74, 6) is 0. The number of benzene rings is 2. The Morgan fingerprint density at radius 1 is 1.17 bits per heavy atom. The van der Waals surface area contributed by atoms with Crippen LogP contribution in [0.3, 0.4) is 0 Å². The fourth-order valence-electron chi connectivity index (χ4n) is 2.00. The van der Waals surface area contributed by atoms with Crippen LogP contribution in [0.4, 0.5) is 17.1 Å². The van der Waals surface area contributed by atoms with Crippen LogP contribution in [0, 0.1) is 10.1 Å². The normalized spacial score (nSPS) is 12.7. The maximum Gasteiger partial charge on any atom is 0.293 e. The van der Waals surface area contributed by atoms with E-state index in [0.717, 1.165) is 17.9 Å². The third-order valence-corrected chi connectivity index (χ3v) is 4.38. The van der Waals surface area contributed by atoms with Gasteiger partial charge >= 0.3 is 0 Å². The van der Waals surface area contributed by atoms with E-state index in [9.17, 15) is 23.6 Å². The van der Waals surface area contributed by atoms with Gasteiger partial charge in [-0.3, -0.25) is 10.1 Å². The van der Waals surface area contributed by atoms with Crippen molar-refractivity contribution in [2.45, 2.75) is 17.9 Å². The van der Waals surface area contributed by atoms with E-state index in [1.165, 1.54) is 12.1 Å². The van der Waals surface area contributed by atoms with Crippen molar-refractivity contribution in [2.75, 3.05) is 11.6 Å². The largest absolute Gasteiger partial charge is 0.389 e. The van der Waals surface area contributed by atoms with Crippen LogP contribution in [-0.2, 0) is 9.84 Å². The predicted molar refractivity (Wildman–Crippen MR) is 86.6 cm³/mol. The first-order valence-corrected chi connectivity index (χ1v) is 8.61. The standard InChI is InChI=1S/C15H16N2O5S/c1-10(18)11-3-5-12(6-4-11)16-14-8-7-13(23(2,21)22)9-15(14)17(19)20/h3-10,16,18H,1-2H3. The molecule has 0 aliphatic carbocycles. The molecular weight excluding hydrogens is 320 g/mol. The Morgan fingerprint density at radius 3 is 2.26 bits per heavy atom. The Balaban J connectivity index is 2.37. The highest BCUT2D eigenvalue weighted by Gasteiger charge is 2.18. The number of nitrogens with zero attached hydrogens (tertiary/aromatic N) is 1. The van der Waals surface area contributed by atoms with Crippen LogP contribution in [0.2, 0.25) is 0 Å². The number of aliphatic hydroxyl groups is 1. The summed E-state index contributed by atoms with van der Waals surface area (Å²) in [7, 11) is -3.52. The van der Waals surface area contributed by atoms with E-state index in [0.29, 0.717) is 5.69 Å². The fraction of sp³-hybridized carbons (Fsp3) is 0.200. The third-order valence-electron chi connectivity index (χ3n) is 3.27. The fourth-order valence-corrected chi connectivity index (χ4v) is 2.64. The maximum atomic E-state index is 11.5. The van der Waals surface area contributed by atoms with Crippen molar-refractivity contribution in [3.8, 4) is 0 Å². The van der Waals surface area contributed by atoms with Crippen molar-refractivity contribution in [2.24, 2.45) is 0 Å². The first kappa shape index (κ1) is 16.9. The summed E-state index contributed by atoms with van der Waals surface area (Å²) in [4.78, 5) is 10.4. The van der Waals surface area contributed by atoms with E-state index < -0.39 is 20.9 Å². The van der Waals surface area contributed by atoms with Crippen molar-refractivity contribution in [3.63, 3.8) is 0 Å². The van der Waals surface area contributed by atoms with E-state index in [4.69, 9.17) is 0 Å². The lowest BCUT2D eigenvalue weighted by Gasteiger charge is -2.10. The molecule has 0 saturated heterocycles. The molecule has 0 amide bonds. The summed E-state index contributed by atoms with van der Waals surface area (Å²) in [5, 5.41) is 23.5. The SMILES string of the molecule is CC(O)c1ccc(Nc2ccc(S(C)(=O)=O)cc2[N+](=O)[O-])cc1. The second-order valence-corrected chi connectivity index (χ2v) is 7.15. The van der Waals surface area contributed by atoms with Gasteiger partial charge in [-0.2, -0.15) is 0 Å². The number of hydrogen-bond acceptors (Lipinski definition) is 6. The van der Waals surface area contributed by atoms with Gasteiger partial charge in [-0.25, -0.2) is 8.42 Å². The molecule has 0 bridgehead atoms. The Bertz CT molecular complexity index is 829. The van der Waals surface area contributed by atoms with Crippen molar-refractivity contribution in [3.05, 3.63) is 58.1 Å². The smallest absolute Gasteiger partial charge is 0.293 e. The van der Waals surface area contributed by atoms with Gasteiger partial charge in [-0.15, -0.1) is 0 Å². The van der Waals surface area contributed by atoms with Gasteiger partial charge in [-0.05, 0) is 36.8 Å². The molecular formula is C15H16N2O5S.